The van der Waals surface area contributed by atoms with Crippen molar-refractivity contribution in [2.24, 2.45) is 0 Å². The van der Waals surface area contributed by atoms with Gasteiger partial charge in [0.15, 0.2) is 0 Å². The molecular weight excluding hydrogens is 260 g/mol. The molecule has 1 aromatic heterocycles. The van der Waals surface area contributed by atoms with Crippen molar-refractivity contribution in [1.82, 2.24) is 15.2 Å². The summed E-state index contributed by atoms with van der Waals surface area (Å²) in [6.07, 6.45) is 5.94. The molecule has 0 spiro atoms. The zero-order valence-electron chi connectivity index (χ0n) is 14.2. The number of nitrogens with zero attached hydrogens (tertiary/aromatic N) is 3. The fourth-order valence-electron chi connectivity index (χ4n) is 3.24. The van der Waals surface area contributed by atoms with Gasteiger partial charge in [0, 0.05) is 31.9 Å². The Morgan fingerprint density at radius 2 is 2.00 bits per heavy atom. The number of hydrogen-bond acceptors (Lipinski definition) is 4. The van der Waals surface area contributed by atoms with Crippen molar-refractivity contribution in [2.45, 2.75) is 45.2 Å². The van der Waals surface area contributed by atoms with Crippen molar-refractivity contribution in [3.05, 3.63) is 23.4 Å². The van der Waals surface area contributed by atoms with Crippen LogP contribution >= 0.6 is 0 Å². The fraction of sp³-hybridized carbons (Fsp3) is 0.706. The third-order valence-corrected chi connectivity index (χ3v) is 4.81. The molecule has 21 heavy (non-hydrogen) atoms. The molecule has 0 radical (unpaired) electrons. The predicted molar refractivity (Wildman–Crippen MR) is 89.9 cm³/mol. The van der Waals surface area contributed by atoms with E-state index in [-0.39, 0.29) is 0 Å². The molecule has 1 fully saturated rings. The number of nitrogens with one attached hydrogen (secondary N) is 1. The molecule has 0 saturated heterocycles. The Kier molecular flexibility index (Phi) is 5.22. The van der Waals surface area contributed by atoms with E-state index in [1.165, 1.54) is 30.4 Å². The molecule has 0 bridgehead atoms. The topological polar surface area (TPSA) is 31.4 Å². The zero-order chi connectivity index (χ0) is 15.5. The SMILES string of the molecule is CCNCc1cnc(N(C)CC2(N(C)C)CCC2)c(C)c1. The molecule has 0 aliphatic heterocycles. The molecule has 1 aliphatic rings. The minimum Gasteiger partial charge on any atom is -0.358 e. The summed E-state index contributed by atoms with van der Waals surface area (Å²) < 4.78 is 0. The standard InChI is InChI=1S/C17H30N4/c1-6-18-11-15-10-14(2)16(19-12-15)21(5)13-17(20(3)4)8-7-9-17/h10,12,18H,6-9,11,13H2,1-5H3. The van der Waals surface area contributed by atoms with E-state index in [2.05, 4.69) is 56.2 Å². The van der Waals surface area contributed by atoms with Crippen LogP contribution in [-0.4, -0.2) is 49.7 Å². The quantitative estimate of drug-likeness (QED) is 0.836. The van der Waals surface area contributed by atoms with Crippen LogP contribution in [0.2, 0.25) is 0 Å². The van der Waals surface area contributed by atoms with Gasteiger partial charge < -0.3 is 15.1 Å². The van der Waals surface area contributed by atoms with E-state index < -0.39 is 0 Å². The van der Waals surface area contributed by atoms with Crippen LogP contribution in [0, 0.1) is 6.92 Å². The van der Waals surface area contributed by atoms with Gasteiger partial charge in [0.25, 0.3) is 0 Å². The number of hydrogen-bond donors (Lipinski definition) is 1. The number of pyridine rings is 1. The van der Waals surface area contributed by atoms with Gasteiger partial charge in [-0.25, -0.2) is 4.98 Å². The molecule has 4 nitrogen and oxygen atoms in total. The number of likely N-dealkylation sites (N-methyl/N-ethyl adjacent to an activating group) is 2. The highest BCUT2D eigenvalue weighted by atomic mass is 15.2. The zero-order valence-corrected chi connectivity index (χ0v) is 14.2. The van der Waals surface area contributed by atoms with Crippen LogP contribution < -0.4 is 10.2 Å². The maximum Gasteiger partial charge on any atom is 0.131 e. The van der Waals surface area contributed by atoms with Gasteiger partial charge >= 0.3 is 0 Å². The van der Waals surface area contributed by atoms with Crippen LogP contribution in [0.15, 0.2) is 12.3 Å². The van der Waals surface area contributed by atoms with Crippen LogP contribution in [0.3, 0.4) is 0 Å². The Morgan fingerprint density at radius 1 is 1.29 bits per heavy atom. The van der Waals surface area contributed by atoms with E-state index in [1.54, 1.807) is 0 Å². The molecular formula is C17H30N4. The summed E-state index contributed by atoms with van der Waals surface area (Å²) in [6.45, 7) is 7.24. The van der Waals surface area contributed by atoms with Gasteiger partial charge in [-0.3, -0.25) is 0 Å². The molecule has 1 saturated carbocycles. The summed E-state index contributed by atoms with van der Waals surface area (Å²) in [7, 11) is 6.57. The van der Waals surface area contributed by atoms with Crippen molar-refractivity contribution < 1.29 is 0 Å². The summed E-state index contributed by atoms with van der Waals surface area (Å²) in [4.78, 5) is 9.42. The number of rotatable bonds is 7. The number of aromatic nitrogens is 1. The van der Waals surface area contributed by atoms with E-state index in [0.717, 1.165) is 25.5 Å². The number of anilines is 1. The summed E-state index contributed by atoms with van der Waals surface area (Å²) in [5.41, 5.74) is 2.87. The van der Waals surface area contributed by atoms with Gasteiger partial charge in [0.1, 0.15) is 5.82 Å². The van der Waals surface area contributed by atoms with E-state index in [0.29, 0.717) is 5.54 Å². The van der Waals surface area contributed by atoms with Crippen molar-refractivity contribution >= 4 is 5.82 Å². The highest BCUT2D eigenvalue weighted by Crippen LogP contribution is 2.37. The molecule has 0 unspecified atom stereocenters. The van der Waals surface area contributed by atoms with E-state index in [4.69, 9.17) is 4.98 Å². The van der Waals surface area contributed by atoms with E-state index >= 15 is 0 Å². The van der Waals surface area contributed by atoms with Crippen molar-refractivity contribution in [3.63, 3.8) is 0 Å². The lowest BCUT2D eigenvalue weighted by Crippen LogP contribution is -2.57. The van der Waals surface area contributed by atoms with Gasteiger partial charge in [-0.1, -0.05) is 6.92 Å². The monoisotopic (exact) mass is 290 g/mol. The average Bonchev–Trinajstić information content (AvgIpc) is 2.39. The average molecular weight is 290 g/mol. The Labute approximate surface area is 129 Å². The Balaban J connectivity index is 2.07. The lowest BCUT2D eigenvalue weighted by molar-refractivity contribution is 0.0681. The second-order valence-electron chi connectivity index (χ2n) is 6.59. The molecule has 0 atom stereocenters. The first-order valence-electron chi connectivity index (χ1n) is 8.03. The van der Waals surface area contributed by atoms with Crippen LogP contribution in [0.4, 0.5) is 5.82 Å². The lowest BCUT2D eigenvalue weighted by atomic mass is 9.75. The summed E-state index contributed by atoms with van der Waals surface area (Å²) >= 11 is 0. The van der Waals surface area contributed by atoms with Gasteiger partial charge in [0.2, 0.25) is 0 Å². The van der Waals surface area contributed by atoms with Crippen molar-refractivity contribution in [2.75, 3.05) is 39.1 Å². The van der Waals surface area contributed by atoms with Crippen molar-refractivity contribution in [1.29, 1.82) is 0 Å². The first-order chi connectivity index (χ1) is 9.98. The third-order valence-electron chi connectivity index (χ3n) is 4.81. The van der Waals surface area contributed by atoms with Crippen LogP contribution in [0.25, 0.3) is 0 Å². The number of aryl methyl sites for hydroxylation is 1. The summed E-state index contributed by atoms with van der Waals surface area (Å²) in [5, 5.41) is 3.35. The van der Waals surface area contributed by atoms with E-state index in [9.17, 15) is 0 Å². The third kappa shape index (κ3) is 3.55. The summed E-state index contributed by atoms with van der Waals surface area (Å²) in [6, 6.07) is 2.25. The minimum absolute atomic E-state index is 0.339. The molecule has 0 amide bonds. The molecule has 2 rings (SSSR count). The van der Waals surface area contributed by atoms with Crippen LogP contribution in [-0.2, 0) is 6.54 Å². The summed E-state index contributed by atoms with van der Waals surface area (Å²) in [5.74, 6) is 1.11. The molecule has 1 heterocycles. The van der Waals surface area contributed by atoms with Gasteiger partial charge in [-0.05, 0) is 64.0 Å². The second kappa shape index (κ2) is 6.75. The molecule has 1 aliphatic carbocycles. The largest absolute Gasteiger partial charge is 0.358 e. The van der Waals surface area contributed by atoms with Gasteiger partial charge in [-0.15, -0.1) is 0 Å². The molecule has 1 aromatic rings. The van der Waals surface area contributed by atoms with Gasteiger partial charge in [-0.2, -0.15) is 0 Å². The van der Waals surface area contributed by atoms with E-state index in [1.807, 2.05) is 6.20 Å². The lowest BCUT2D eigenvalue weighted by Gasteiger charge is -2.49. The second-order valence-corrected chi connectivity index (χ2v) is 6.59. The fourth-order valence-corrected chi connectivity index (χ4v) is 3.24. The molecule has 118 valence electrons. The maximum absolute atomic E-state index is 4.70. The first-order valence-corrected chi connectivity index (χ1v) is 8.03. The maximum atomic E-state index is 4.70. The highest BCUT2D eigenvalue weighted by Gasteiger charge is 2.40. The smallest absolute Gasteiger partial charge is 0.131 e. The highest BCUT2D eigenvalue weighted by molar-refractivity contribution is 5.47. The Bertz CT molecular complexity index is 466. The predicted octanol–water partition coefficient (Wildman–Crippen LogP) is 2.42. The normalized spacial score (nSPS) is 16.9. The van der Waals surface area contributed by atoms with Gasteiger partial charge in [0.05, 0.1) is 0 Å². The molecule has 1 N–H and O–H groups in total. The Morgan fingerprint density at radius 3 is 2.48 bits per heavy atom. The van der Waals surface area contributed by atoms with Crippen molar-refractivity contribution in [3.8, 4) is 0 Å². The first kappa shape index (κ1) is 16.2. The van der Waals surface area contributed by atoms with Crippen LogP contribution in [0.5, 0.6) is 0 Å². The molecule has 0 aromatic carbocycles. The minimum atomic E-state index is 0.339. The Hall–Kier alpha value is -1.13. The van der Waals surface area contributed by atoms with Crippen LogP contribution in [0.1, 0.15) is 37.3 Å². The molecule has 4 heteroatoms.